The molecule has 0 radical (unpaired) electrons. The maximum Gasteiger partial charge on any atom is 0.0594 e. The lowest BCUT2D eigenvalue weighted by atomic mass is 10.2. The van der Waals surface area contributed by atoms with Gasteiger partial charge in [-0.05, 0) is 38.5 Å². The molecule has 0 aromatic heterocycles. The van der Waals surface area contributed by atoms with Gasteiger partial charge in [-0.2, -0.15) is 0 Å². The summed E-state index contributed by atoms with van der Waals surface area (Å²) < 4.78 is 0. The van der Waals surface area contributed by atoms with Gasteiger partial charge in [0, 0.05) is 7.26 Å². The van der Waals surface area contributed by atoms with Crippen LogP contribution in [0, 0.1) is 0 Å². The van der Waals surface area contributed by atoms with Crippen molar-refractivity contribution in [1.29, 1.82) is 0 Å². The molecule has 0 spiro atoms. The van der Waals surface area contributed by atoms with E-state index in [0.717, 1.165) is 0 Å². The summed E-state index contributed by atoms with van der Waals surface area (Å²) in [6.45, 7) is 9.47. The second-order valence-electron chi connectivity index (χ2n) is 7.06. The van der Waals surface area contributed by atoms with Crippen molar-refractivity contribution >= 4 is 7.26 Å². The Hall–Kier alpha value is 1.16. The molecule has 0 bridgehead atoms. The van der Waals surface area contributed by atoms with Crippen molar-refractivity contribution in [2.45, 2.75) is 105 Å². The summed E-state index contributed by atoms with van der Waals surface area (Å²) in [4.78, 5) is 0. The lowest BCUT2D eigenvalue weighted by Gasteiger charge is -2.27. The molecule has 0 aliphatic rings. The maximum absolute atomic E-state index is 2.42. The fourth-order valence-electron chi connectivity index (χ4n) is 3.72. The first-order valence-electron chi connectivity index (χ1n) is 10.1. The standard InChI is InChI=1S/C20H44P.HI/c1-5-9-11-13-15-19-21(17-7-3,18-8-4)20-16-14-12-10-6-2;/h5-20H2,1-4H3;1H/q+1;/p-1. The van der Waals surface area contributed by atoms with E-state index in [4.69, 9.17) is 0 Å². The smallest absolute Gasteiger partial charge is 0.0594 e. The molecule has 0 saturated carbocycles. The van der Waals surface area contributed by atoms with Crippen LogP contribution < -0.4 is 24.0 Å². The van der Waals surface area contributed by atoms with Crippen LogP contribution >= 0.6 is 7.26 Å². The highest BCUT2D eigenvalue weighted by Crippen LogP contribution is 2.61. The van der Waals surface area contributed by atoms with Gasteiger partial charge in [0.1, 0.15) is 0 Å². The zero-order chi connectivity index (χ0) is 15.8. The van der Waals surface area contributed by atoms with Crippen molar-refractivity contribution in [1.82, 2.24) is 0 Å². The predicted molar refractivity (Wildman–Crippen MR) is 104 cm³/mol. The Morgan fingerprint density at radius 1 is 0.409 bits per heavy atom. The van der Waals surface area contributed by atoms with Crippen LogP contribution in [0.2, 0.25) is 0 Å². The Balaban J connectivity index is 0. The van der Waals surface area contributed by atoms with Gasteiger partial charge in [-0.25, -0.2) is 0 Å². The second kappa shape index (κ2) is 18.5. The molecule has 0 atom stereocenters. The molecule has 0 nitrogen and oxygen atoms in total. The average Bonchev–Trinajstić information content (AvgIpc) is 2.47. The zero-order valence-electron chi connectivity index (χ0n) is 16.1. The number of rotatable bonds is 16. The van der Waals surface area contributed by atoms with Gasteiger partial charge >= 0.3 is 0 Å². The van der Waals surface area contributed by atoms with E-state index in [9.17, 15) is 0 Å². The van der Waals surface area contributed by atoms with Crippen molar-refractivity contribution in [3.8, 4) is 0 Å². The van der Waals surface area contributed by atoms with E-state index >= 15 is 0 Å². The van der Waals surface area contributed by atoms with E-state index in [1.807, 2.05) is 0 Å². The molecule has 22 heavy (non-hydrogen) atoms. The molecule has 0 saturated heterocycles. The summed E-state index contributed by atoms with van der Waals surface area (Å²) >= 11 is 0. The largest absolute Gasteiger partial charge is 1.00 e. The minimum atomic E-state index is -0.593. The van der Waals surface area contributed by atoms with E-state index in [1.54, 1.807) is 24.6 Å². The van der Waals surface area contributed by atoms with E-state index in [1.165, 1.54) is 77.0 Å². The fraction of sp³-hybridized carbons (Fsp3) is 1.00. The molecular weight excluding hydrogens is 398 g/mol. The number of hydrogen-bond donors (Lipinski definition) is 0. The topological polar surface area (TPSA) is 0 Å². The molecular formula is C20H44IP. The highest BCUT2D eigenvalue weighted by Gasteiger charge is 2.33. The number of halogens is 1. The normalized spacial score (nSPS) is 11.5. The molecule has 0 rings (SSSR count). The molecule has 0 aliphatic heterocycles. The Kier molecular flexibility index (Phi) is 21.4. The SMILES string of the molecule is CCCCCCC[P+](CCC)(CCC)CCCCCCC.[I-]. The first kappa shape index (κ1) is 25.4. The Morgan fingerprint density at radius 2 is 0.773 bits per heavy atom. The first-order chi connectivity index (χ1) is 10.2. The Morgan fingerprint density at radius 3 is 1.09 bits per heavy atom. The number of unbranched alkanes of at least 4 members (excludes halogenated alkanes) is 8. The van der Waals surface area contributed by atoms with Gasteiger partial charge in [0.2, 0.25) is 0 Å². The molecule has 0 N–H and O–H groups in total. The maximum atomic E-state index is 2.42. The van der Waals surface area contributed by atoms with Crippen LogP contribution in [0.4, 0.5) is 0 Å². The molecule has 0 aliphatic carbocycles. The van der Waals surface area contributed by atoms with E-state index in [2.05, 4.69) is 27.7 Å². The fourth-order valence-corrected chi connectivity index (χ4v) is 8.75. The third-order valence-corrected chi connectivity index (χ3v) is 10.2. The summed E-state index contributed by atoms with van der Waals surface area (Å²) in [7, 11) is -0.593. The van der Waals surface area contributed by atoms with Gasteiger partial charge in [0.05, 0.1) is 24.6 Å². The molecule has 136 valence electrons. The minimum Gasteiger partial charge on any atom is -1.00 e. The Bertz CT molecular complexity index is 184. The van der Waals surface area contributed by atoms with Gasteiger partial charge in [-0.15, -0.1) is 0 Å². The van der Waals surface area contributed by atoms with Crippen LogP contribution in [0.1, 0.15) is 105 Å². The van der Waals surface area contributed by atoms with Crippen LogP contribution in [-0.4, -0.2) is 24.6 Å². The van der Waals surface area contributed by atoms with Crippen LogP contribution in [0.3, 0.4) is 0 Å². The van der Waals surface area contributed by atoms with Gasteiger partial charge in [0.25, 0.3) is 0 Å². The van der Waals surface area contributed by atoms with Crippen LogP contribution in [0.15, 0.2) is 0 Å². The Labute approximate surface area is 160 Å². The first-order valence-corrected chi connectivity index (χ1v) is 12.6. The monoisotopic (exact) mass is 442 g/mol. The van der Waals surface area contributed by atoms with Crippen LogP contribution in [0.5, 0.6) is 0 Å². The van der Waals surface area contributed by atoms with Crippen LogP contribution in [0.25, 0.3) is 0 Å². The lowest BCUT2D eigenvalue weighted by Crippen LogP contribution is -3.00. The molecule has 2 heteroatoms. The average molecular weight is 442 g/mol. The van der Waals surface area contributed by atoms with Crippen molar-refractivity contribution in [3.63, 3.8) is 0 Å². The van der Waals surface area contributed by atoms with Gasteiger partial charge < -0.3 is 24.0 Å². The van der Waals surface area contributed by atoms with Gasteiger partial charge in [-0.3, -0.25) is 0 Å². The summed E-state index contributed by atoms with van der Waals surface area (Å²) in [6, 6.07) is 0. The molecule has 0 aromatic carbocycles. The molecule has 0 aromatic rings. The quantitative estimate of drug-likeness (QED) is 0.184. The second-order valence-corrected chi connectivity index (χ2v) is 11.5. The van der Waals surface area contributed by atoms with E-state index in [-0.39, 0.29) is 24.0 Å². The van der Waals surface area contributed by atoms with E-state index < -0.39 is 7.26 Å². The van der Waals surface area contributed by atoms with Gasteiger partial charge in [-0.1, -0.05) is 66.2 Å². The number of hydrogen-bond acceptors (Lipinski definition) is 0. The van der Waals surface area contributed by atoms with Crippen molar-refractivity contribution in [3.05, 3.63) is 0 Å². The zero-order valence-corrected chi connectivity index (χ0v) is 19.2. The lowest BCUT2D eigenvalue weighted by molar-refractivity contribution is -0.00000493. The molecule has 0 unspecified atom stereocenters. The molecule has 0 fully saturated rings. The molecule has 0 amide bonds. The predicted octanol–water partition coefficient (Wildman–Crippen LogP) is 4.77. The third-order valence-electron chi connectivity index (χ3n) is 4.87. The third kappa shape index (κ3) is 13.6. The van der Waals surface area contributed by atoms with Crippen LogP contribution in [-0.2, 0) is 0 Å². The molecule has 0 heterocycles. The summed E-state index contributed by atoms with van der Waals surface area (Å²) in [5.74, 6) is 0. The van der Waals surface area contributed by atoms with Gasteiger partial charge in [0.15, 0.2) is 0 Å². The summed E-state index contributed by atoms with van der Waals surface area (Å²) in [5.41, 5.74) is 0. The van der Waals surface area contributed by atoms with Crippen molar-refractivity contribution < 1.29 is 24.0 Å². The summed E-state index contributed by atoms with van der Waals surface area (Å²) in [5, 5.41) is 0. The van der Waals surface area contributed by atoms with E-state index in [0.29, 0.717) is 0 Å². The van der Waals surface area contributed by atoms with Crippen molar-refractivity contribution in [2.24, 2.45) is 0 Å². The minimum absolute atomic E-state index is 0. The highest BCUT2D eigenvalue weighted by atomic mass is 127. The van der Waals surface area contributed by atoms with Crippen molar-refractivity contribution in [2.75, 3.05) is 24.6 Å². The summed E-state index contributed by atoms with van der Waals surface area (Å²) in [6.07, 6.45) is 23.9. The highest BCUT2D eigenvalue weighted by molar-refractivity contribution is 7.75.